The molecule has 0 saturated heterocycles. The maximum Gasteiger partial charge on any atom is 0.141 e. The second-order valence-corrected chi connectivity index (χ2v) is 3.64. The van der Waals surface area contributed by atoms with Crippen LogP contribution in [0.15, 0.2) is 18.2 Å². The molecule has 0 aliphatic carbocycles. The van der Waals surface area contributed by atoms with Crippen molar-refractivity contribution in [1.29, 1.82) is 0 Å². The maximum atomic E-state index is 12.8. The third-order valence-corrected chi connectivity index (χ3v) is 2.50. The zero-order chi connectivity index (χ0) is 10.7. The molecule has 78 valence electrons. The molecule has 0 fully saturated rings. The van der Waals surface area contributed by atoms with Crippen LogP contribution in [-0.2, 0) is 0 Å². The van der Waals surface area contributed by atoms with E-state index in [1.165, 1.54) is 12.1 Å². The van der Waals surface area contributed by atoms with E-state index in [1.807, 2.05) is 0 Å². The third-order valence-electron chi connectivity index (χ3n) is 1.84. The summed E-state index contributed by atoms with van der Waals surface area (Å²) in [5.74, 6) is -0.432. The average Bonchev–Trinajstić information content (AvgIpc) is 2.20. The Kier molecular flexibility index (Phi) is 4.19. The van der Waals surface area contributed by atoms with Gasteiger partial charge in [-0.15, -0.1) is 0 Å². The van der Waals surface area contributed by atoms with E-state index in [2.05, 4.69) is 12.6 Å². The first-order chi connectivity index (χ1) is 6.56. The number of halogens is 2. The molecule has 2 atom stereocenters. The van der Waals surface area contributed by atoms with Gasteiger partial charge in [-0.2, -0.15) is 12.6 Å². The summed E-state index contributed by atoms with van der Waals surface area (Å²) in [5.41, 5.74) is 0.373. The summed E-state index contributed by atoms with van der Waals surface area (Å²) in [7, 11) is 0. The summed E-state index contributed by atoms with van der Waals surface area (Å²) in [5, 5.41) is 18.7. The summed E-state index contributed by atoms with van der Waals surface area (Å²) < 4.78 is 12.8. The summed E-state index contributed by atoms with van der Waals surface area (Å²) in [4.78, 5) is 0. The Bertz CT molecular complexity index is 322. The molecule has 0 aliphatic heterocycles. The number of benzene rings is 1. The lowest BCUT2D eigenvalue weighted by Crippen LogP contribution is -2.19. The van der Waals surface area contributed by atoms with Crippen molar-refractivity contribution in [2.45, 2.75) is 12.2 Å². The maximum absolute atomic E-state index is 12.8. The predicted molar refractivity (Wildman–Crippen MR) is 56.2 cm³/mol. The van der Waals surface area contributed by atoms with Gasteiger partial charge in [0.15, 0.2) is 0 Å². The highest BCUT2D eigenvalue weighted by molar-refractivity contribution is 7.80. The van der Waals surface area contributed by atoms with Crippen molar-refractivity contribution in [3.8, 4) is 0 Å². The second-order valence-electron chi connectivity index (χ2n) is 2.87. The van der Waals surface area contributed by atoms with Gasteiger partial charge in [0, 0.05) is 5.75 Å². The van der Waals surface area contributed by atoms with Crippen LogP contribution in [0.2, 0.25) is 5.02 Å². The molecule has 0 aromatic heterocycles. The zero-order valence-corrected chi connectivity index (χ0v) is 8.84. The van der Waals surface area contributed by atoms with Crippen molar-refractivity contribution in [2.75, 3.05) is 5.75 Å². The summed E-state index contributed by atoms with van der Waals surface area (Å²) >= 11 is 9.35. The molecule has 0 radical (unpaired) electrons. The highest BCUT2D eigenvalue weighted by Gasteiger charge is 2.17. The molecule has 0 heterocycles. The Balaban J connectivity index is 2.91. The van der Waals surface area contributed by atoms with E-state index in [0.717, 1.165) is 6.07 Å². The SMILES string of the molecule is OC(CS)C(O)c1ccc(F)c(Cl)c1. The lowest BCUT2D eigenvalue weighted by atomic mass is 10.1. The van der Waals surface area contributed by atoms with Gasteiger partial charge in [0.05, 0.1) is 11.1 Å². The molecule has 0 bridgehead atoms. The monoisotopic (exact) mass is 236 g/mol. The molecule has 14 heavy (non-hydrogen) atoms. The van der Waals surface area contributed by atoms with Gasteiger partial charge in [0.1, 0.15) is 11.9 Å². The van der Waals surface area contributed by atoms with Crippen LogP contribution in [0.5, 0.6) is 0 Å². The van der Waals surface area contributed by atoms with Gasteiger partial charge in [0.25, 0.3) is 0 Å². The molecule has 2 N–H and O–H groups in total. The number of aliphatic hydroxyl groups is 2. The van der Waals surface area contributed by atoms with Crippen LogP contribution in [0, 0.1) is 5.82 Å². The number of hydrogen-bond acceptors (Lipinski definition) is 3. The largest absolute Gasteiger partial charge is 0.389 e. The van der Waals surface area contributed by atoms with Crippen LogP contribution in [0.1, 0.15) is 11.7 Å². The van der Waals surface area contributed by atoms with Gasteiger partial charge in [-0.1, -0.05) is 17.7 Å². The molecular weight excluding hydrogens is 227 g/mol. The van der Waals surface area contributed by atoms with Gasteiger partial charge in [-0.3, -0.25) is 0 Å². The molecule has 1 aromatic carbocycles. The van der Waals surface area contributed by atoms with E-state index in [0.29, 0.717) is 5.56 Å². The molecule has 1 aromatic rings. The minimum absolute atomic E-state index is 0.0760. The molecule has 5 heteroatoms. The average molecular weight is 237 g/mol. The topological polar surface area (TPSA) is 40.5 Å². The van der Waals surface area contributed by atoms with Gasteiger partial charge >= 0.3 is 0 Å². The van der Waals surface area contributed by atoms with E-state index < -0.39 is 18.0 Å². The van der Waals surface area contributed by atoms with Gasteiger partial charge in [0.2, 0.25) is 0 Å². The summed E-state index contributed by atoms with van der Waals surface area (Å²) in [6, 6.07) is 3.80. The molecule has 1 rings (SSSR count). The minimum atomic E-state index is -1.09. The molecule has 0 saturated carbocycles. The van der Waals surface area contributed by atoms with E-state index >= 15 is 0 Å². The minimum Gasteiger partial charge on any atom is -0.389 e. The van der Waals surface area contributed by atoms with E-state index in [9.17, 15) is 14.6 Å². The van der Waals surface area contributed by atoms with Crippen LogP contribution in [0.3, 0.4) is 0 Å². The predicted octanol–water partition coefficient (Wildman–Crippen LogP) is 1.80. The number of aliphatic hydroxyl groups excluding tert-OH is 2. The van der Waals surface area contributed by atoms with Crippen molar-refractivity contribution in [2.24, 2.45) is 0 Å². The molecule has 0 spiro atoms. The lowest BCUT2D eigenvalue weighted by Gasteiger charge is -2.16. The molecule has 2 nitrogen and oxygen atoms in total. The first-order valence-corrected chi connectivity index (χ1v) is 4.99. The van der Waals surface area contributed by atoms with Crippen molar-refractivity contribution < 1.29 is 14.6 Å². The van der Waals surface area contributed by atoms with E-state index in [-0.39, 0.29) is 10.8 Å². The molecule has 2 unspecified atom stereocenters. The Morgan fingerprint density at radius 3 is 2.57 bits per heavy atom. The van der Waals surface area contributed by atoms with Crippen molar-refractivity contribution in [3.05, 3.63) is 34.6 Å². The smallest absolute Gasteiger partial charge is 0.141 e. The van der Waals surface area contributed by atoms with Gasteiger partial charge in [-0.25, -0.2) is 4.39 Å². The van der Waals surface area contributed by atoms with Crippen LogP contribution in [0.25, 0.3) is 0 Å². The Labute approximate surface area is 91.7 Å². The lowest BCUT2D eigenvalue weighted by molar-refractivity contribution is 0.0337. The van der Waals surface area contributed by atoms with Crippen LogP contribution in [0.4, 0.5) is 4.39 Å². The van der Waals surface area contributed by atoms with E-state index in [1.54, 1.807) is 0 Å². The number of hydrogen-bond donors (Lipinski definition) is 3. The Hall–Kier alpha value is -0.290. The van der Waals surface area contributed by atoms with Gasteiger partial charge < -0.3 is 10.2 Å². The first-order valence-electron chi connectivity index (χ1n) is 3.98. The quantitative estimate of drug-likeness (QED) is 0.701. The van der Waals surface area contributed by atoms with Crippen molar-refractivity contribution in [1.82, 2.24) is 0 Å². The highest BCUT2D eigenvalue weighted by Crippen LogP contribution is 2.23. The summed E-state index contributed by atoms with van der Waals surface area (Å²) in [6.07, 6.45) is -2.08. The van der Waals surface area contributed by atoms with Crippen molar-refractivity contribution >= 4 is 24.2 Å². The Morgan fingerprint density at radius 1 is 1.43 bits per heavy atom. The second kappa shape index (κ2) is 4.98. The fourth-order valence-electron chi connectivity index (χ4n) is 1.02. The van der Waals surface area contributed by atoms with Crippen LogP contribution < -0.4 is 0 Å². The third kappa shape index (κ3) is 2.60. The molecule has 0 amide bonds. The number of thiol groups is 1. The van der Waals surface area contributed by atoms with Gasteiger partial charge in [-0.05, 0) is 17.7 Å². The normalized spacial score (nSPS) is 15.2. The number of rotatable bonds is 3. The summed E-state index contributed by atoms with van der Waals surface area (Å²) in [6.45, 7) is 0. The van der Waals surface area contributed by atoms with Crippen LogP contribution in [-0.4, -0.2) is 22.1 Å². The fraction of sp³-hybridized carbons (Fsp3) is 0.333. The fourth-order valence-corrected chi connectivity index (χ4v) is 1.41. The molecule has 0 aliphatic rings. The van der Waals surface area contributed by atoms with Crippen molar-refractivity contribution in [3.63, 3.8) is 0 Å². The first kappa shape index (κ1) is 11.8. The van der Waals surface area contributed by atoms with E-state index in [4.69, 9.17) is 11.6 Å². The Morgan fingerprint density at radius 2 is 2.07 bits per heavy atom. The molecular formula is C9H10ClFO2S. The standard InChI is InChI=1S/C9H10ClFO2S/c10-6-3-5(1-2-7(6)11)9(13)8(12)4-14/h1-3,8-9,12-14H,4H2. The highest BCUT2D eigenvalue weighted by atomic mass is 35.5. The zero-order valence-electron chi connectivity index (χ0n) is 7.19. The van der Waals surface area contributed by atoms with Crippen LogP contribution >= 0.6 is 24.2 Å².